The molecule has 9 atom stereocenters. The molecule has 3 aliphatic rings. The summed E-state index contributed by atoms with van der Waals surface area (Å²) in [4.78, 5) is 36.4. The summed E-state index contributed by atoms with van der Waals surface area (Å²) in [5, 5.41) is 34.9. The number of amides is 2. The van der Waals surface area contributed by atoms with Crippen LogP contribution in [0.4, 0.5) is 0 Å². The first kappa shape index (κ1) is 91.1. The highest BCUT2D eigenvalue weighted by Gasteiger charge is 2.54. The van der Waals surface area contributed by atoms with Crippen LogP contribution in [0.5, 0.6) is 0 Å². The van der Waals surface area contributed by atoms with Gasteiger partial charge in [-0.15, -0.1) is 34.0 Å². The number of carbonyl (C=O) groups excluding carboxylic acids is 2. The number of carboxylic acids is 1. The van der Waals surface area contributed by atoms with Crippen LogP contribution >= 0.6 is 34.0 Å². The van der Waals surface area contributed by atoms with E-state index < -0.39 is 133 Å². The van der Waals surface area contributed by atoms with Crippen LogP contribution in [0.2, 0.25) is 10.1 Å². The number of aliphatic hydroxyl groups excluding tert-OH is 1. The van der Waals surface area contributed by atoms with Crippen molar-refractivity contribution >= 4 is 149 Å². The number of sulfonamides is 3. The van der Waals surface area contributed by atoms with Gasteiger partial charge in [0.1, 0.15) is 43.6 Å². The third kappa shape index (κ3) is 19.8. The fourth-order valence-electron chi connectivity index (χ4n) is 13.1. The summed E-state index contributed by atoms with van der Waals surface area (Å²) in [7, 11) is -29.1. The number of carboxylic acid groups (broad SMARTS) is 1. The van der Waals surface area contributed by atoms with Crippen LogP contribution in [-0.2, 0) is 82.8 Å². The molecule has 10 rings (SSSR count). The molecule has 0 fully saturated rings. The third-order valence-electron chi connectivity index (χ3n) is 18.6. The van der Waals surface area contributed by atoms with Crippen molar-refractivity contribution in [3.63, 3.8) is 0 Å². The van der Waals surface area contributed by atoms with Crippen molar-refractivity contribution in [2.24, 2.45) is 5.14 Å². The first-order chi connectivity index (χ1) is 49.6. The number of primary sulfonamides is 1. The molecule has 4 aromatic carbocycles. The van der Waals surface area contributed by atoms with Gasteiger partial charge in [0, 0.05) is 34.8 Å². The number of fused-ring (bicyclic) bond motifs is 3. The number of nitrogens with two attached hydrogens (primary N) is 1. The highest BCUT2D eigenvalue weighted by atomic mass is 32.3. The molecule has 0 bridgehead atoms. The zero-order valence-corrected chi connectivity index (χ0v) is 71.7. The van der Waals surface area contributed by atoms with E-state index in [-0.39, 0.29) is 55.8 Å². The number of hydrogen-bond donors (Lipinski definition) is 8. The summed E-state index contributed by atoms with van der Waals surface area (Å²) >= 11 is 2.05. The molecule has 9 N–H and O–H groups in total. The van der Waals surface area contributed by atoms with Gasteiger partial charge in [-0.2, -0.15) is 0 Å². The number of aliphatic hydroxyl groups is 1. The molecular weight excluding hydrogens is 1600 g/mol. The van der Waals surface area contributed by atoms with Gasteiger partial charge in [-0.1, -0.05) is 191 Å². The maximum Gasteiger partial charge on any atom is 0.331 e. The number of nitrogens with one attached hydrogen (secondary N) is 5. The largest absolute Gasteiger partial charge is 0.479 e. The molecule has 0 unspecified atom stereocenters. The maximum atomic E-state index is 13.5. The Balaban J connectivity index is 0.000000236. The van der Waals surface area contributed by atoms with Gasteiger partial charge in [0.05, 0.1) is 15.7 Å². The molecule has 108 heavy (non-hydrogen) atoms. The van der Waals surface area contributed by atoms with Gasteiger partial charge in [-0.05, 0) is 129 Å². The Morgan fingerprint density at radius 3 is 1.00 bits per heavy atom. The summed E-state index contributed by atoms with van der Waals surface area (Å²) in [5.41, 5.74) is 1.36. The van der Waals surface area contributed by atoms with Gasteiger partial charge in [-0.3, -0.25) is 9.59 Å². The van der Waals surface area contributed by atoms with E-state index in [1.807, 2.05) is 118 Å². The molecule has 2 amide bonds. The molecule has 0 saturated carbocycles. The highest BCUT2D eigenvalue weighted by molar-refractivity contribution is 7.97. The first-order valence-electron chi connectivity index (χ1n) is 34.6. The Bertz CT molecular complexity index is 4920. The van der Waals surface area contributed by atoms with Gasteiger partial charge < -0.3 is 35.0 Å². The second kappa shape index (κ2) is 35.9. The topological polar surface area (TPSA) is 401 Å². The molecule has 0 aliphatic carbocycles. The number of carbonyl (C=O) groups is 3. The van der Waals surface area contributed by atoms with Crippen LogP contribution in [0.1, 0.15) is 165 Å². The van der Waals surface area contributed by atoms with Crippen LogP contribution < -0.4 is 51.3 Å². The molecule has 3 aromatic heterocycles. The molecule has 25 nitrogen and oxygen atoms in total. The van der Waals surface area contributed by atoms with Crippen molar-refractivity contribution in [2.45, 2.75) is 218 Å². The summed E-state index contributed by atoms with van der Waals surface area (Å²) in [6, 6.07) is 43.0. The second-order valence-electron chi connectivity index (χ2n) is 28.4. The van der Waals surface area contributed by atoms with Gasteiger partial charge in [-0.25, -0.2) is 69.9 Å². The predicted molar refractivity (Wildman–Crippen MR) is 430 cm³/mol. The van der Waals surface area contributed by atoms with Crippen molar-refractivity contribution in [1.29, 1.82) is 0 Å². The van der Waals surface area contributed by atoms with Crippen LogP contribution in [0.3, 0.4) is 0 Å². The molecule has 3 aliphatic heterocycles. The lowest BCUT2D eigenvalue weighted by Gasteiger charge is -2.44. The molecule has 6 heterocycles. The van der Waals surface area contributed by atoms with E-state index in [0.29, 0.717) is 78.3 Å². The summed E-state index contributed by atoms with van der Waals surface area (Å²) in [6.45, 7) is 29.3. The minimum absolute atomic E-state index is 0. The number of hydrogen-bond acceptors (Lipinski definition) is 24. The van der Waals surface area contributed by atoms with E-state index in [4.69, 9.17) is 19.1 Å². The van der Waals surface area contributed by atoms with Crippen molar-refractivity contribution in [2.75, 3.05) is 19.6 Å². The van der Waals surface area contributed by atoms with Gasteiger partial charge in [0.15, 0.2) is 29.5 Å². The van der Waals surface area contributed by atoms with Crippen LogP contribution in [0, 0.1) is 0 Å². The number of aliphatic carboxylic acids is 1. The quantitative estimate of drug-likeness (QED) is 0.0296. The van der Waals surface area contributed by atoms with E-state index in [1.165, 1.54) is 18.2 Å². The van der Waals surface area contributed by atoms with Gasteiger partial charge in [0.25, 0.3) is 48.5 Å². The summed E-state index contributed by atoms with van der Waals surface area (Å²) in [6.07, 6.45) is -2.35. The van der Waals surface area contributed by atoms with Crippen molar-refractivity contribution in [1.82, 2.24) is 25.4 Å². The Morgan fingerprint density at radius 2 is 0.750 bits per heavy atom. The van der Waals surface area contributed by atoms with E-state index in [0.717, 1.165) is 39.0 Å². The third-order valence-corrected chi connectivity index (χ3v) is 45.5. The summed E-state index contributed by atoms with van der Waals surface area (Å²) in [5.74, 6) is -2.82. The van der Waals surface area contributed by atoms with E-state index in [1.54, 1.807) is 39.3 Å². The SMILES string of the molecule is C.CCN[C@H]1C[C@H](C)S(=O)(=O)c2sc(S(=O)(=O)NC(=O)[C@H](C)O)cc21.CCN[C@H]1C[C@H](C)S(=O)(=O)c2sc(S(=O)(=O)NC(=O)[C@H](C)O[Si](c3ccccc3)(c3ccccc3)C(C)(C)C)cc21.CCN[C@H]1C[C@H](C)S(=O)(=O)c2sc(S(N)(=O)=O)cc21.C[C@H](O[Si](c1ccccc1)(c1ccccc1)C(C)(C)C)C(=O)O. The number of thiophene rings is 3. The standard InChI is InChI=1S/C29H38N2O6S3Si.C19H24O3Si.C13H20N2O6S3.C10H16N2O4S3.CH4/c1-7-30-25-18-20(2)39(33,34)28-24(25)19-26(38-28)40(35,36)31-27(32)21(3)37-41(29(4,5)6,22-14-10-8-11-15-22)23-16-12-9-13-17-23;1-15(18(20)21)22-23(19(2,3)4,16-11-7-5-8-12-16)17-13-9-6-10-14-17;1-4-14-10-5-7(2)23(18,19)13-9(10)6-11(22-13)24(20,21)15-12(17)8(3)16;1-3-12-8-4-6(2)18(13,14)10-7(8)5-9(17-10)19(11,15)16;/h8-17,19-21,25,30H,7,18H2,1-6H3,(H,31,32);5-15H,1-4H3,(H,20,21);6-8,10,14,16H,4-5H2,1-3H3,(H,15,17);5-6,8,12H,3-4H2,1-2H3,(H2,11,15,16);1H4/t20-,21-,25-;15-;7-,8-,10-;6-,8-;/m0000./s1. The molecular formula is C72H102N6O19S9Si2. The summed E-state index contributed by atoms with van der Waals surface area (Å²) < 4.78 is 166. The zero-order chi connectivity index (χ0) is 80.0. The lowest BCUT2D eigenvalue weighted by molar-refractivity contribution is -0.144. The maximum absolute atomic E-state index is 13.5. The Hall–Kier alpha value is -5.76. The average molecular weight is 1700 g/mol. The lowest BCUT2D eigenvalue weighted by atomic mass is 10.1. The van der Waals surface area contributed by atoms with Crippen molar-refractivity contribution in [3.8, 4) is 0 Å². The smallest absolute Gasteiger partial charge is 0.331 e. The Morgan fingerprint density at radius 1 is 0.491 bits per heavy atom. The number of benzene rings is 4. The fraction of sp³-hybridized carbons (Fsp3) is 0.458. The second-order valence-corrected chi connectivity index (χ2v) is 53.3. The van der Waals surface area contributed by atoms with Gasteiger partial charge in [0.2, 0.25) is 10.0 Å². The monoisotopic (exact) mass is 1700 g/mol. The molecule has 7 aromatic rings. The van der Waals surface area contributed by atoms with E-state index in [2.05, 4.69) is 86.5 Å². The van der Waals surface area contributed by atoms with E-state index >= 15 is 0 Å². The minimum Gasteiger partial charge on any atom is -0.479 e. The van der Waals surface area contributed by atoms with Crippen LogP contribution in [0.25, 0.3) is 0 Å². The Labute approximate surface area is 651 Å². The fourth-order valence-corrected chi connectivity index (χ4v) is 36.9. The lowest BCUT2D eigenvalue weighted by Crippen LogP contribution is -2.68. The highest BCUT2D eigenvalue weighted by Crippen LogP contribution is 2.46. The normalized spacial score (nSPS) is 20.3. The molecule has 36 heteroatoms. The Kier molecular flexibility index (Phi) is 30.3. The van der Waals surface area contributed by atoms with Gasteiger partial charge >= 0.3 is 5.97 Å². The molecule has 0 saturated heterocycles. The van der Waals surface area contributed by atoms with Crippen molar-refractivity contribution < 1.29 is 84.0 Å². The predicted octanol–water partition coefficient (Wildman–Crippen LogP) is 8.17. The zero-order valence-electron chi connectivity index (χ0n) is 62.3. The van der Waals surface area contributed by atoms with Crippen LogP contribution in [-0.4, -0.2) is 149 Å². The van der Waals surface area contributed by atoms with E-state index in [9.17, 15) is 70.0 Å². The van der Waals surface area contributed by atoms with Crippen LogP contribution in [0.15, 0.2) is 165 Å². The molecule has 596 valence electrons. The number of sulfone groups is 3. The molecule has 0 spiro atoms. The minimum atomic E-state index is -4.36. The van der Waals surface area contributed by atoms with Crippen molar-refractivity contribution in [3.05, 3.63) is 156 Å². The number of rotatable bonds is 22. The molecule has 0 radical (unpaired) electrons. The first-order valence-corrected chi connectivity index (χ1v) is 50.0. The average Bonchev–Trinajstić information content (AvgIpc) is 1.23.